The van der Waals surface area contributed by atoms with E-state index in [1.165, 1.54) is 22.6 Å². The average Bonchev–Trinajstić information content (AvgIpc) is 2.78. The van der Waals surface area contributed by atoms with Crippen LogP contribution in [0.4, 0.5) is 10.1 Å². The highest BCUT2D eigenvalue weighted by Crippen LogP contribution is 2.18. The Morgan fingerprint density at radius 1 is 1.43 bits per heavy atom. The molecule has 0 bridgehead atoms. The lowest BCUT2D eigenvalue weighted by Crippen LogP contribution is -3.08. The van der Waals surface area contributed by atoms with E-state index in [0.29, 0.717) is 5.02 Å². The lowest BCUT2D eigenvalue weighted by atomic mass is 10.3. The number of aryl methyl sites for hydroxylation is 1. The van der Waals surface area contributed by atoms with Crippen LogP contribution in [0.25, 0.3) is 0 Å². The summed E-state index contributed by atoms with van der Waals surface area (Å²) in [6, 6.07) is 6.26. The first kappa shape index (κ1) is 15.9. The molecule has 0 spiro atoms. The van der Waals surface area contributed by atoms with Gasteiger partial charge in [0.25, 0.3) is 5.91 Å². The maximum Gasteiger partial charge on any atom is 0.279 e. The number of amides is 1. The number of nitrogens with one attached hydrogen (secondary N) is 2. The average molecular weight is 328 g/mol. The molecule has 1 amide bonds. The molecule has 1 unspecified atom stereocenters. The van der Waals surface area contributed by atoms with Crippen LogP contribution in [0.15, 0.2) is 29.6 Å². The number of halogens is 2. The Morgan fingerprint density at radius 2 is 2.19 bits per heavy atom. The van der Waals surface area contributed by atoms with Crippen molar-refractivity contribution in [1.82, 2.24) is 0 Å². The number of rotatable bonds is 5. The van der Waals surface area contributed by atoms with Crippen molar-refractivity contribution in [3.05, 3.63) is 50.9 Å². The topological polar surface area (TPSA) is 33.5 Å². The largest absolute Gasteiger partial charge is 0.325 e. The van der Waals surface area contributed by atoms with Gasteiger partial charge in [-0.25, -0.2) is 4.39 Å². The molecule has 1 atom stereocenters. The second-order valence-electron chi connectivity index (χ2n) is 5.01. The third-order valence-corrected chi connectivity index (χ3v) is 4.36. The summed E-state index contributed by atoms with van der Waals surface area (Å²) in [7, 11) is 1.94. The van der Waals surface area contributed by atoms with E-state index < -0.39 is 5.82 Å². The number of quaternary nitrogens is 1. The third-order valence-electron chi connectivity index (χ3n) is 3.10. The molecule has 1 heterocycles. The molecule has 2 N–H and O–H groups in total. The third kappa shape index (κ3) is 4.52. The predicted molar refractivity (Wildman–Crippen MR) is 84.6 cm³/mol. The summed E-state index contributed by atoms with van der Waals surface area (Å²) in [6.45, 7) is 3.11. The van der Waals surface area contributed by atoms with Crippen molar-refractivity contribution in [2.24, 2.45) is 0 Å². The Kier molecular flexibility index (Phi) is 5.33. The Morgan fingerprint density at radius 3 is 2.81 bits per heavy atom. The fourth-order valence-electron chi connectivity index (χ4n) is 1.98. The van der Waals surface area contributed by atoms with Crippen LogP contribution in [-0.2, 0) is 11.3 Å². The smallest absolute Gasteiger partial charge is 0.279 e. The predicted octanol–water partition coefficient (Wildman–Crippen LogP) is 2.50. The number of hydrogen-bond donors (Lipinski definition) is 2. The van der Waals surface area contributed by atoms with Crippen LogP contribution in [0.1, 0.15) is 10.4 Å². The van der Waals surface area contributed by atoms with Crippen molar-refractivity contribution in [2.75, 3.05) is 18.9 Å². The quantitative estimate of drug-likeness (QED) is 0.869. The van der Waals surface area contributed by atoms with E-state index in [1.54, 1.807) is 17.4 Å². The minimum absolute atomic E-state index is 0.157. The van der Waals surface area contributed by atoms with Crippen molar-refractivity contribution in [2.45, 2.75) is 13.5 Å². The van der Waals surface area contributed by atoms with Crippen molar-refractivity contribution < 1.29 is 14.1 Å². The zero-order chi connectivity index (χ0) is 15.4. The molecule has 21 heavy (non-hydrogen) atoms. The van der Waals surface area contributed by atoms with Crippen molar-refractivity contribution in [1.29, 1.82) is 0 Å². The number of thiophene rings is 1. The van der Waals surface area contributed by atoms with Gasteiger partial charge in [0.1, 0.15) is 12.4 Å². The zero-order valence-corrected chi connectivity index (χ0v) is 13.4. The standard InChI is InChI=1S/C15H16ClFN2OS/c1-10-5-6-21-14(10)8-19(2)9-15(20)18-13-4-3-11(16)7-12(13)17/h3-7H,8-9H2,1-2H3,(H,18,20)/p+1. The molecule has 0 aliphatic heterocycles. The molecule has 1 aromatic carbocycles. The summed E-state index contributed by atoms with van der Waals surface area (Å²) in [5.41, 5.74) is 1.40. The number of carbonyl (C=O) groups excluding carboxylic acids is 1. The first-order valence-electron chi connectivity index (χ1n) is 6.55. The second kappa shape index (κ2) is 7.02. The number of benzene rings is 1. The van der Waals surface area contributed by atoms with Crippen molar-refractivity contribution in [3.63, 3.8) is 0 Å². The molecular weight excluding hydrogens is 311 g/mol. The van der Waals surface area contributed by atoms with Gasteiger partial charge in [0, 0.05) is 5.02 Å². The van der Waals surface area contributed by atoms with Crippen LogP contribution in [0, 0.1) is 12.7 Å². The molecule has 3 nitrogen and oxygen atoms in total. The maximum atomic E-state index is 13.6. The number of anilines is 1. The van der Waals surface area contributed by atoms with Gasteiger partial charge in [0.05, 0.1) is 17.6 Å². The van der Waals surface area contributed by atoms with Crippen molar-refractivity contribution in [3.8, 4) is 0 Å². The zero-order valence-electron chi connectivity index (χ0n) is 11.9. The molecule has 2 aromatic rings. The lowest BCUT2D eigenvalue weighted by Gasteiger charge is -2.14. The molecular formula is C15H17ClFN2OS+. The van der Waals surface area contributed by atoms with Gasteiger partial charge in [-0.1, -0.05) is 11.6 Å². The first-order valence-corrected chi connectivity index (χ1v) is 7.80. The Labute approximate surface area is 132 Å². The molecule has 0 saturated carbocycles. The van der Waals surface area contributed by atoms with Gasteiger partial charge >= 0.3 is 0 Å². The number of likely N-dealkylation sites (N-methyl/N-ethyl adjacent to an activating group) is 1. The monoisotopic (exact) mass is 327 g/mol. The van der Waals surface area contributed by atoms with Gasteiger partial charge in [0.2, 0.25) is 0 Å². The van der Waals surface area contributed by atoms with Crippen LogP contribution < -0.4 is 10.2 Å². The van der Waals surface area contributed by atoms with Crippen LogP contribution in [0.2, 0.25) is 5.02 Å². The summed E-state index contributed by atoms with van der Waals surface area (Å²) < 4.78 is 13.6. The molecule has 0 aliphatic carbocycles. The maximum absolute atomic E-state index is 13.6. The minimum Gasteiger partial charge on any atom is -0.325 e. The summed E-state index contributed by atoms with van der Waals surface area (Å²) >= 11 is 7.36. The first-order chi connectivity index (χ1) is 9.95. The van der Waals surface area contributed by atoms with E-state index >= 15 is 0 Å². The Balaban J connectivity index is 1.90. The summed E-state index contributed by atoms with van der Waals surface area (Å²) in [5.74, 6) is -0.745. The van der Waals surface area contributed by atoms with Gasteiger partial charge in [-0.15, -0.1) is 11.3 Å². The molecule has 0 aliphatic rings. The fraction of sp³-hybridized carbons (Fsp3) is 0.267. The van der Waals surface area contributed by atoms with Gasteiger partial charge in [0.15, 0.2) is 6.54 Å². The van der Waals surface area contributed by atoms with E-state index in [-0.39, 0.29) is 18.1 Å². The highest BCUT2D eigenvalue weighted by atomic mass is 35.5. The Hall–Kier alpha value is -1.43. The summed E-state index contributed by atoms with van der Waals surface area (Å²) in [6.07, 6.45) is 0. The van der Waals surface area contributed by atoms with Crippen LogP contribution in [0.5, 0.6) is 0 Å². The molecule has 1 aromatic heterocycles. The minimum atomic E-state index is -0.525. The summed E-state index contributed by atoms with van der Waals surface area (Å²) in [4.78, 5) is 14.3. The normalized spacial score (nSPS) is 12.2. The number of hydrogen-bond acceptors (Lipinski definition) is 2. The molecule has 112 valence electrons. The van der Waals surface area contributed by atoms with Gasteiger partial charge in [-0.05, 0) is 42.1 Å². The second-order valence-corrected chi connectivity index (χ2v) is 6.45. The van der Waals surface area contributed by atoms with Gasteiger partial charge in [-0.2, -0.15) is 0 Å². The van der Waals surface area contributed by atoms with Gasteiger partial charge in [-0.3, -0.25) is 4.79 Å². The SMILES string of the molecule is Cc1ccsc1C[NH+](C)CC(=O)Nc1ccc(Cl)cc1F. The van der Waals surface area contributed by atoms with Crippen LogP contribution in [0.3, 0.4) is 0 Å². The Bertz CT molecular complexity index is 644. The van der Waals surface area contributed by atoms with Crippen molar-refractivity contribution >= 4 is 34.5 Å². The van der Waals surface area contributed by atoms with Crippen LogP contribution in [-0.4, -0.2) is 19.5 Å². The van der Waals surface area contributed by atoms with Gasteiger partial charge < -0.3 is 10.2 Å². The van der Waals surface area contributed by atoms with E-state index in [1.807, 2.05) is 12.4 Å². The van der Waals surface area contributed by atoms with Crippen LogP contribution >= 0.6 is 22.9 Å². The molecule has 0 saturated heterocycles. The highest BCUT2D eigenvalue weighted by molar-refractivity contribution is 7.10. The number of carbonyl (C=O) groups is 1. The highest BCUT2D eigenvalue weighted by Gasteiger charge is 2.14. The van der Waals surface area contributed by atoms with E-state index in [4.69, 9.17) is 11.6 Å². The molecule has 0 radical (unpaired) electrons. The van der Waals surface area contributed by atoms with E-state index in [2.05, 4.69) is 18.3 Å². The lowest BCUT2D eigenvalue weighted by molar-refractivity contribution is -0.884. The molecule has 2 rings (SSSR count). The molecule has 6 heteroatoms. The van der Waals surface area contributed by atoms with E-state index in [9.17, 15) is 9.18 Å². The fourth-order valence-corrected chi connectivity index (χ4v) is 3.16. The summed E-state index contributed by atoms with van der Waals surface area (Å²) in [5, 5.41) is 4.92. The van der Waals surface area contributed by atoms with E-state index in [0.717, 1.165) is 11.4 Å². The molecule has 0 fully saturated rings.